The van der Waals surface area contributed by atoms with Crippen molar-refractivity contribution in [3.8, 4) is 5.75 Å². The molecule has 0 aliphatic rings. The van der Waals surface area contributed by atoms with Crippen LogP contribution >= 0.6 is 0 Å². The molecule has 0 fully saturated rings. The van der Waals surface area contributed by atoms with Crippen LogP contribution in [0.4, 0.5) is 0 Å². The van der Waals surface area contributed by atoms with Crippen molar-refractivity contribution in [1.82, 2.24) is 9.55 Å². The number of carboxylic acid groups (broad SMARTS) is 2. The molecule has 0 aliphatic carbocycles. The maximum Gasteiger partial charge on any atom is 0.414 e. The maximum atomic E-state index is 9.10. The van der Waals surface area contributed by atoms with Crippen molar-refractivity contribution in [2.45, 2.75) is 27.3 Å². The van der Waals surface area contributed by atoms with Gasteiger partial charge in [0.05, 0.1) is 6.54 Å². The number of rotatable bonds is 4. The third-order valence-electron chi connectivity index (χ3n) is 3.03. The highest BCUT2D eigenvalue weighted by Gasteiger charge is 2.04. The Bertz CT molecular complexity index is 667. The second-order valence-electron chi connectivity index (χ2n) is 4.90. The van der Waals surface area contributed by atoms with Gasteiger partial charge < -0.3 is 19.5 Å². The van der Waals surface area contributed by atoms with Crippen LogP contribution in [0.25, 0.3) is 0 Å². The summed E-state index contributed by atoms with van der Waals surface area (Å²) in [5, 5.41) is 14.8. The molecule has 0 unspecified atom stereocenters. The lowest BCUT2D eigenvalue weighted by molar-refractivity contribution is -0.159. The predicted molar refractivity (Wildman–Crippen MR) is 83.6 cm³/mol. The molecule has 0 aliphatic heterocycles. The van der Waals surface area contributed by atoms with Gasteiger partial charge in [-0.05, 0) is 32.4 Å². The van der Waals surface area contributed by atoms with Crippen molar-refractivity contribution in [2.75, 3.05) is 6.61 Å². The fourth-order valence-corrected chi connectivity index (χ4v) is 1.86. The molecule has 0 atom stereocenters. The lowest BCUT2D eigenvalue weighted by Crippen LogP contribution is -2.09. The third-order valence-corrected chi connectivity index (χ3v) is 3.03. The molecule has 2 N–H and O–H groups in total. The minimum Gasteiger partial charge on any atom is -0.491 e. The van der Waals surface area contributed by atoms with Gasteiger partial charge in [0.2, 0.25) is 0 Å². The van der Waals surface area contributed by atoms with Gasteiger partial charge >= 0.3 is 11.9 Å². The van der Waals surface area contributed by atoms with E-state index in [1.807, 2.05) is 25.4 Å². The van der Waals surface area contributed by atoms with Crippen LogP contribution in [0.15, 0.2) is 30.6 Å². The summed E-state index contributed by atoms with van der Waals surface area (Å²) in [6.07, 6.45) is 3.78. The molecule has 0 saturated carbocycles. The van der Waals surface area contributed by atoms with Crippen molar-refractivity contribution in [2.24, 2.45) is 0 Å². The van der Waals surface area contributed by atoms with E-state index >= 15 is 0 Å². The molecule has 0 amide bonds. The number of carbonyl (C=O) groups is 2. The first-order valence-electron chi connectivity index (χ1n) is 6.95. The number of aromatic nitrogens is 2. The largest absolute Gasteiger partial charge is 0.491 e. The summed E-state index contributed by atoms with van der Waals surface area (Å²) in [6, 6.07) is 6.24. The van der Waals surface area contributed by atoms with Crippen LogP contribution in [-0.2, 0) is 16.1 Å². The van der Waals surface area contributed by atoms with Gasteiger partial charge in [-0.2, -0.15) is 0 Å². The van der Waals surface area contributed by atoms with E-state index in [1.165, 1.54) is 11.1 Å². The Hall–Kier alpha value is -2.83. The zero-order valence-electron chi connectivity index (χ0n) is 13.3. The molecule has 23 heavy (non-hydrogen) atoms. The predicted octanol–water partition coefficient (Wildman–Crippen LogP) is 2.04. The lowest BCUT2D eigenvalue weighted by Gasteiger charge is -2.10. The fraction of sp³-hybridized carbons (Fsp3) is 0.312. The Morgan fingerprint density at radius 1 is 1.17 bits per heavy atom. The first-order valence-corrected chi connectivity index (χ1v) is 6.95. The van der Waals surface area contributed by atoms with Gasteiger partial charge in [-0.1, -0.05) is 17.7 Å². The highest BCUT2D eigenvalue weighted by Crippen LogP contribution is 2.18. The Morgan fingerprint density at radius 3 is 2.30 bits per heavy atom. The van der Waals surface area contributed by atoms with Crippen molar-refractivity contribution in [3.63, 3.8) is 0 Å². The molecule has 1 aromatic heterocycles. The topological polar surface area (TPSA) is 102 Å². The first kappa shape index (κ1) is 18.2. The fourth-order valence-electron chi connectivity index (χ4n) is 1.86. The van der Waals surface area contributed by atoms with Crippen molar-refractivity contribution in [1.29, 1.82) is 0 Å². The van der Waals surface area contributed by atoms with Crippen LogP contribution in [0.5, 0.6) is 5.75 Å². The summed E-state index contributed by atoms with van der Waals surface area (Å²) >= 11 is 0. The van der Waals surface area contributed by atoms with Crippen LogP contribution in [-0.4, -0.2) is 38.3 Å². The summed E-state index contributed by atoms with van der Waals surface area (Å²) in [5.74, 6) is -1.66. The average Bonchev–Trinajstić information content (AvgIpc) is 2.87. The second-order valence-corrected chi connectivity index (χ2v) is 4.90. The first-order chi connectivity index (χ1) is 10.8. The summed E-state index contributed by atoms with van der Waals surface area (Å²) in [4.78, 5) is 22.4. The second kappa shape index (κ2) is 8.57. The summed E-state index contributed by atoms with van der Waals surface area (Å²) in [7, 11) is 0. The Morgan fingerprint density at radius 2 is 1.83 bits per heavy atom. The molecule has 7 heteroatoms. The monoisotopic (exact) mass is 320 g/mol. The van der Waals surface area contributed by atoms with Gasteiger partial charge in [0, 0.05) is 12.4 Å². The van der Waals surface area contributed by atoms with Crippen molar-refractivity contribution < 1.29 is 24.5 Å². The lowest BCUT2D eigenvalue weighted by atomic mass is 10.1. The van der Waals surface area contributed by atoms with Crippen molar-refractivity contribution in [3.05, 3.63) is 47.5 Å². The van der Waals surface area contributed by atoms with Crippen LogP contribution in [0, 0.1) is 20.8 Å². The number of hydrogen-bond acceptors (Lipinski definition) is 4. The van der Waals surface area contributed by atoms with Crippen LogP contribution in [0.3, 0.4) is 0 Å². The van der Waals surface area contributed by atoms with Crippen LogP contribution < -0.4 is 4.74 Å². The number of nitrogens with zero attached hydrogens (tertiary/aromatic N) is 2. The number of carboxylic acids is 2. The van der Waals surface area contributed by atoms with Gasteiger partial charge in [0.15, 0.2) is 0 Å². The van der Waals surface area contributed by atoms with E-state index in [0.29, 0.717) is 6.61 Å². The number of hydrogen-bond donors (Lipinski definition) is 2. The van der Waals surface area contributed by atoms with Gasteiger partial charge in [-0.3, -0.25) is 0 Å². The Kier molecular flexibility index (Phi) is 6.79. The quantitative estimate of drug-likeness (QED) is 0.836. The van der Waals surface area contributed by atoms with Crippen molar-refractivity contribution >= 4 is 11.9 Å². The number of ether oxygens (including phenoxy) is 1. The van der Waals surface area contributed by atoms with Gasteiger partial charge in [-0.25, -0.2) is 14.6 Å². The number of aliphatic carboxylic acids is 2. The molecule has 0 bridgehead atoms. The van der Waals surface area contributed by atoms with Crippen LogP contribution in [0.1, 0.15) is 17.0 Å². The highest BCUT2D eigenvalue weighted by atomic mass is 16.5. The van der Waals surface area contributed by atoms with E-state index in [2.05, 4.69) is 35.5 Å². The van der Waals surface area contributed by atoms with Gasteiger partial charge in [-0.15, -0.1) is 0 Å². The van der Waals surface area contributed by atoms with Crippen LogP contribution in [0.2, 0.25) is 0 Å². The van der Waals surface area contributed by atoms with E-state index in [-0.39, 0.29) is 0 Å². The minimum absolute atomic E-state index is 0.668. The zero-order valence-corrected chi connectivity index (χ0v) is 13.3. The summed E-state index contributed by atoms with van der Waals surface area (Å²) in [5.41, 5.74) is 2.45. The number of imidazole rings is 1. The number of aryl methyl sites for hydroxylation is 3. The zero-order chi connectivity index (χ0) is 17.4. The Labute approximate surface area is 134 Å². The molecule has 0 saturated heterocycles. The average molecular weight is 320 g/mol. The molecule has 2 rings (SSSR count). The Balaban J connectivity index is 0.000000379. The molecule has 1 heterocycles. The van der Waals surface area contributed by atoms with Gasteiger partial charge in [0.1, 0.15) is 18.2 Å². The molecule has 2 aromatic rings. The SMILES string of the molecule is Cc1ccc(OCCn2ccnc2C)c(C)c1.O=C(O)C(=O)O. The smallest absolute Gasteiger partial charge is 0.414 e. The van der Waals surface area contributed by atoms with E-state index in [9.17, 15) is 0 Å². The molecule has 0 radical (unpaired) electrons. The molecule has 1 aromatic carbocycles. The summed E-state index contributed by atoms with van der Waals surface area (Å²) < 4.78 is 7.86. The molecular weight excluding hydrogens is 300 g/mol. The summed E-state index contributed by atoms with van der Waals surface area (Å²) in [6.45, 7) is 7.66. The van der Waals surface area contributed by atoms with E-state index in [1.54, 1.807) is 0 Å². The van der Waals surface area contributed by atoms with Gasteiger partial charge in [0.25, 0.3) is 0 Å². The normalized spacial score (nSPS) is 9.70. The van der Waals surface area contributed by atoms with E-state index in [0.717, 1.165) is 18.1 Å². The molecule has 0 spiro atoms. The minimum atomic E-state index is -1.82. The third kappa shape index (κ3) is 6.21. The molecule has 7 nitrogen and oxygen atoms in total. The standard InChI is InChI=1S/C14H18N2O.C2H2O4/c1-11-4-5-14(12(2)10-11)17-9-8-16-7-6-15-13(16)3;3-1(4)2(5)6/h4-7,10H,8-9H2,1-3H3;(H,3,4)(H,5,6). The molecule has 124 valence electrons. The maximum absolute atomic E-state index is 9.10. The van der Waals surface area contributed by atoms with E-state index in [4.69, 9.17) is 24.5 Å². The number of benzene rings is 1. The highest BCUT2D eigenvalue weighted by molar-refractivity contribution is 6.27. The van der Waals surface area contributed by atoms with E-state index < -0.39 is 11.9 Å². The molecular formula is C16H20N2O5.